The second kappa shape index (κ2) is 7.72. The Morgan fingerprint density at radius 2 is 1.96 bits per heavy atom. The molecule has 1 amide bonds. The van der Waals surface area contributed by atoms with E-state index in [2.05, 4.69) is 26.2 Å². The van der Waals surface area contributed by atoms with Gasteiger partial charge in [0.2, 0.25) is 11.8 Å². The Hall–Kier alpha value is -2.73. The van der Waals surface area contributed by atoms with Crippen molar-refractivity contribution in [2.45, 2.75) is 24.8 Å². The van der Waals surface area contributed by atoms with Crippen molar-refractivity contribution in [3.8, 4) is 11.6 Å². The van der Waals surface area contributed by atoms with Gasteiger partial charge in [0.05, 0.1) is 5.41 Å². The molecule has 3 aromatic rings. The topological polar surface area (TPSA) is 51.2 Å². The van der Waals surface area contributed by atoms with E-state index in [-0.39, 0.29) is 18.3 Å². The molecule has 6 heteroatoms. The molecule has 1 fully saturated rings. The Balaban J connectivity index is 1.47. The lowest BCUT2D eigenvalue weighted by molar-refractivity contribution is -0.123. The molecule has 1 heterocycles. The first-order chi connectivity index (χ1) is 13.6. The van der Waals surface area contributed by atoms with Crippen molar-refractivity contribution in [3.63, 3.8) is 0 Å². The van der Waals surface area contributed by atoms with Crippen LogP contribution in [0.2, 0.25) is 0 Å². The predicted octanol–water partition coefficient (Wildman–Crippen LogP) is 5.12. The Morgan fingerprint density at radius 1 is 1.14 bits per heavy atom. The highest BCUT2D eigenvalue weighted by Crippen LogP contribution is 2.49. The van der Waals surface area contributed by atoms with Crippen molar-refractivity contribution in [1.29, 1.82) is 0 Å². The molecule has 0 spiro atoms. The molecule has 2 aromatic carbocycles. The molecule has 1 N–H and O–H groups in total. The van der Waals surface area contributed by atoms with Crippen molar-refractivity contribution in [2.75, 3.05) is 0 Å². The molecule has 1 aliphatic rings. The van der Waals surface area contributed by atoms with Gasteiger partial charge in [0.1, 0.15) is 11.6 Å². The van der Waals surface area contributed by atoms with Gasteiger partial charge in [0, 0.05) is 28.8 Å². The zero-order valence-electron chi connectivity index (χ0n) is 15.0. The predicted molar refractivity (Wildman–Crippen MR) is 108 cm³/mol. The number of nitrogens with one attached hydrogen (secondary N) is 1. The summed E-state index contributed by atoms with van der Waals surface area (Å²) in [7, 11) is 0. The van der Waals surface area contributed by atoms with Crippen LogP contribution in [0.1, 0.15) is 24.0 Å². The lowest BCUT2D eigenvalue weighted by Gasteiger charge is -2.17. The van der Waals surface area contributed by atoms with Crippen molar-refractivity contribution in [2.24, 2.45) is 0 Å². The van der Waals surface area contributed by atoms with Crippen LogP contribution < -0.4 is 10.1 Å². The van der Waals surface area contributed by atoms with E-state index in [9.17, 15) is 9.18 Å². The van der Waals surface area contributed by atoms with Crippen LogP contribution in [0.4, 0.5) is 4.39 Å². The van der Waals surface area contributed by atoms with Gasteiger partial charge >= 0.3 is 0 Å². The van der Waals surface area contributed by atoms with Crippen molar-refractivity contribution >= 4 is 21.8 Å². The SMILES string of the molecule is O=C(NCc1cccnc1Oc1cccc(F)c1)C1(c2cccc(Br)c2)CC1. The lowest BCUT2D eigenvalue weighted by atomic mass is 9.95. The fourth-order valence-corrected chi connectivity index (χ4v) is 3.59. The fraction of sp³-hybridized carbons (Fsp3) is 0.182. The second-order valence-electron chi connectivity index (χ2n) is 6.80. The second-order valence-corrected chi connectivity index (χ2v) is 7.72. The summed E-state index contributed by atoms with van der Waals surface area (Å²) >= 11 is 3.47. The molecule has 4 nitrogen and oxygen atoms in total. The molecule has 28 heavy (non-hydrogen) atoms. The highest BCUT2D eigenvalue weighted by Gasteiger charge is 2.51. The minimum atomic E-state index is -0.463. The zero-order chi connectivity index (χ0) is 19.6. The number of halogens is 2. The number of carbonyl (C=O) groups is 1. The minimum absolute atomic E-state index is 0.00819. The van der Waals surface area contributed by atoms with Gasteiger partial charge in [-0.25, -0.2) is 9.37 Å². The summed E-state index contributed by atoms with van der Waals surface area (Å²) in [5.74, 6) is 0.318. The molecule has 1 aromatic heterocycles. The summed E-state index contributed by atoms with van der Waals surface area (Å²) in [5.41, 5.74) is 1.28. The molecule has 4 rings (SSSR count). The number of ether oxygens (including phenoxy) is 1. The maximum absolute atomic E-state index is 13.4. The van der Waals surface area contributed by atoms with Crippen molar-refractivity contribution in [1.82, 2.24) is 10.3 Å². The zero-order valence-corrected chi connectivity index (χ0v) is 16.6. The summed E-state index contributed by atoms with van der Waals surface area (Å²) in [6.07, 6.45) is 3.26. The monoisotopic (exact) mass is 440 g/mol. The molecular weight excluding hydrogens is 423 g/mol. The van der Waals surface area contributed by atoms with Gasteiger partial charge in [-0.05, 0) is 48.7 Å². The molecule has 0 atom stereocenters. The third kappa shape index (κ3) is 3.92. The summed E-state index contributed by atoms with van der Waals surface area (Å²) < 4.78 is 20.1. The summed E-state index contributed by atoms with van der Waals surface area (Å²) in [6, 6.07) is 17.4. The number of aromatic nitrogens is 1. The number of rotatable bonds is 6. The van der Waals surface area contributed by atoms with Gasteiger partial charge < -0.3 is 10.1 Å². The molecule has 1 saturated carbocycles. The van der Waals surface area contributed by atoms with E-state index in [1.54, 1.807) is 24.4 Å². The van der Waals surface area contributed by atoms with Crippen LogP contribution in [0.15, 0.2) is 71.3 Å². The van der Waals surface area contributed by atoms with Crippen LogP contribution in [-0.2, 0) is 16.8 Å². The van der Waals surface area contributed by atoms with E-state index < -0.39 is 5.41 Å². The Labute approximate surface area is 170 Å². The first-order valence-corrected chi connectivity index (χ1v) is 9.78. The van der Waals surface area contributed by atoms with Crippen LogP contribution in [-0.4, -0.2) is 10.9 Å². The Bertz CT molecular complexity index is 1020. The molecular formula is C22H18BrFN2O2. The van der Waals surface area contributed by atoms with E-state index >= 15 is 0 Å². The number of benzene rings is 2. The minimum Gasteiger partial charge on any atom is -0.439 e. The lowest BCUT2D eigenvalue weighted by Crippen LogP contribution is -2.34. The number of pyridine rings is 1. The molecule has 0 saturated heterocycles. The number of hydrogen-bond donors (Lipinski definition) is 1. The Kier molecular flexibility index (Phi) is 5.13. The smallest absolute Gasteiger partial charge is 0.230 e. The van der Waals surface area contributed by atoms with Gasteiger partial charge in [0.25, 0.3) is 0 Å². The van der Waals surface area contributed by atoms with Crippen LogP contribution in [0.3, 0.4) is 0 Å². The number of hydrogen-bond acceptors (Lipinski definition) is 3. The highest BCUT2D eigenvalue weighted by molar-refractivity contribution is 9.10. The first-order valence-electron chi connectivity index (χ1n) is 8.98. The summed E-state index contributed by atoms with van der Waals surface area (Å²) in [5, 5.41) is 3.01. The van der Waals surface area contributed by atoms with E-state index in [0.717, 1.165) is 28.4 Å². The molecule has 0 radical (unpaired) electrons. The van der Waals surface area contributed by atoms with Gasteiger partial charge in [-0.2, -0.15) is 0 Å². The normalized spacial score (nSPS) is 14.4. The number of amides is 1. The maximum atomic E-state index is 13.4. The van der Waals surface area contributed by atoms with Crippen LogP contribution >= 0.6 is 15.9 Å². The summed E-state index contributed by atoms with van der Waals surface area (Å²) in [4.78, 5) is 17.1. The molecule has 1 aliphatic carbocycles. The molecule has 0 aliphatic heterocycles. The Morgan fingerprint density at radius 3 is 2.71 bits per heavy atom. The first kappa shape index (κ1) is 18.6. The van der Waals surface area contributed by atoms with Gasteiger partial charge in [-0.1, -0.05) is 40.2 Å². The van der Waals surface area contributed by atoms with E-state index in [1.807, 2.05) is 30.3 Å². The number of nitrogens with zero attached hydrogens (tertiary/aromatic N) is 1. The van der Waals surface area contributed by atoms with Crippen molar-refractivity contribution in [3.05, 3.63) is 88.3 Å². The van der Waals surface area contributed by atoms with Gasteiger partial charge in [-0.15, -0.1) is 0 Å². The summed E-state index contributed by atoms with van der Waals surface area (Å²) in [6.45, 7) is 0.285. The van der Waals surface area contributed by atoms with E-state index in [4.69, 9.17) is 4.74 Å². The molecule has 0 unspecified atom stereocenters. The third-order valence-electron chi connectivity index (χ3n) is 4.86. The van der Waals surface area contributed by atoms with E-state index in [0.29, 0.717) is 11.6 Å². The molecule has 142 valence electrons. The van der Waals surface area contributed by atoms with E-state index in [1.165, 1.54) is 12.1 Å². The van der Waals surface area contributed by atoms with Crippen LogP contribution in [0, 0.1) is 5.82 Å². The fourth-order valence-electron chi connectivity index (χ4n) is 3.20. The third-order valence-corrected chi connectivity index (χ3v) is 5.36. The highest BCUT2D eigenvalue weighted by atomic mass is 79.9. The molecule has 0 bridgehead atoms. The van der Waals surface area contributed by atoms with Crippen LogP contribution in [0.5, 0.6) is 11.6 Å². The average Bonchev–Trinajstić information content (AvgIpc) is 3.49. The quantitative estimate of drug-likeness (QED) is 0.578. The van der Waals surface area contributed by atoms with Gasteiger partial charge in [-0.3, -0.25) is 4.79 Å². The number of carbonyl (C=O) groups excluding carboxylic acids is 1. The van der Waals surface area contributed by atoms with Crippen LogP contribution in [0.25, 0.3) is 0 Å². The average molecular weight is 441 g/mol. The maximum Gasteiger partial charge on any atom is 0.230 e. The standard InChI is InChI=1S/C22H18BrFN2O2/c23-17-6-1-5-16(12-17)22(9-10-22)21(27)26-14-15-4-3-11-25-20(15)28-19-8-2-7-18(24)13-19/h1-8,11-13H,9-10,14H2,(H,26,27). The van der Waals surface area contributed by atoms with Crippen molar-refractivity contribution < 1.29 is 13.9 Å². The van der Waals surface area contributed by atoms with Gasteiger partial charge in [0.15, 0.2) is 0 Å². The largest absolute Gasteiger partial charge is 0.439 e.